The Hall–Kier alpha value is -2.25. The number of nitrogens with zero attached hydrogens (tertiary/aromatic N) is 3. The summed E-state index contributed by atoms with van der Waals surface area (Å²) in [5.41, 5.74) is 1.97. The number of carbonyl (C=O) groups excluding carboxylic acids is 2. The number of aromatic nitrogens is 2. The summed E-state index contributed by atoms with van der Waals surface area (Å²) in [6, 6.07) is 2.97. The Morgan fingerprint density at radius 3 is 2.59 bits per heavy atom. The highest BCUT2D eigenvalue weighted by Gasteiger charge is 2.38. The molecule has 1 unspecified atom stereocenters. The molecular formula is C23H27Cl2N3O4. The number of hydrogen-bond acceptors (Lipinski definition) is 5. The first-order valence-corrected chi connectivity index (χ1v) is 11.6. The number of aromatic hydroxyl groups is 1. The van der Waals surface area contributed by atoms with Crippen molar-refractivity contribution in [3.05, 3.63) is 45.2 Å². The molecule has 1 aromatic carbocycles. The van der Waals surface area contributed by atoms with Crippen LogP contribution in [0.4, 0.5) is 4.79 Å². The summed E-state index contributed by atoms with van der Waals surface area (Å²) in [6.45, 7) is 6.13. The zero-order valence-electron chi connectivity index (χ0n) is 18.4. The van der Waals surface area contributed by atoms with Gasteiger partial charge in [-0.15, -0.1) is 0 Å². The Bertz CT molecular complexity index is 1040. The van der Waals surface area contributed by atoms with Crippen LogP contribution in [-0.4, -0.2) is 50.0 Å². The van der Waals surface area contributed by atoms with Crippen molar-refractivity contribution in [1.82, 2.24) is 14.7 Å². The van der Waals surface area contributed by atoms with Crippen LogP contribution in [0.5, 0.6) is 5.75 Å². The van der Waals surface area contributed by atoms with E-state index in [4.69, 9.17) is 27.9 Å². The lowest BCUT2D eigenvalue weighted by atomic mass is 9.92. The average molecular weight is 480 g/mol. The van der Waals surface area contributed by atoms with E-state index in [0.717, 1.165) is 24.1 Å². The van der Waals surface area contributed by atoms with Crippen molar-refractivity contribution in [3.8, 4) is 5.75 Å². The monoisotopic (exact) mass is 479 g/mol. The highest BCUT2D eigenvalue weighted by Crippen LogP contribution is 2.35. The summed E-state index contributed by atoms with van der Waals surface area (Å²) >= 11 is 12.5. The number of phenolic OH excluding ortho intramolecular Hbond substituents is 1. The van der Waals surface area contributed by atoms with E-state index in [9.17, 15) is 14.7 Å². The quantitative estimate of drug-likeness (QED) is 0.693. The van der Waals surface area contributed by atoms with Crippen molar-refractivity contribution in [2.24, 2.45) is 5.92 Å². The molecule has 0 radical (unpaired) electrons. The van der Waals surface area contributed by atoms with E-state index >= 15 is 0 Å². The van der Waals surface area contributed by atoms with Gasteiger partial charge in [0.15, 0.2) is 0 Å². The molecular weight excluding hydrogens is 453 g/mol. The number of phenols is 1. The van der Waals surface area contributed by atoms with Crippen LogP contribution in [0.25, 0.3) is 0 Å². The summed E-state index contributed by atoms with van der Waals surface area (Å²) in [4.78, 5) is 27.5. The molecule has 32 heavy (non-hydrogen) atoms. The van der Waals surface area contributed by atoms with Gasteiger partial charge in [-0.2, -0.15) is 9.78 Å². The first-order valence-electron chi connectivity index (χ1n) is 10.8. The molecule has 1 aliphatic heterocycles. The van der Waals surface area contributed by atoms with E-state index in [1.165, 1.54) is 16.8 Å². The third-order valence-corrected chi connectivity index (χ3v) is 6.67. The molecule has 2 heterocycles. The molecule has 1 N–H and O–H groups in total. The fourth-order valence-corrected chi connectivity index (χ4v) is 5.13. The smallest absolute Gasteiger partial charge is 0.435 e. The maximum absolute atomic E-state index is 13.2. The molecule has 1 aromatic heterocycles. The maximum atomic E-state index is 13.2. The van der Waals surface area contributed by atoms with Gasteiger partial charge in [0.05, 0.1) is 5.69 Å². The fourth-order valence-electron chi connectivity index (χ4n) is 4.50. The van der Waals surface area contributed by atoms with Crippen molar-refractivity contribution in [2.45, 2.75) is 64.5 Å². The van der Waals surface area contributed by atoms with Gasteiger partial charge in [-0.3, -0.25) is 4.79 Å². The molecule has 0 saturated carbocycles. The van der Waals surface area contributed by atoms with E-state index in [0.29, 0.717) is 41.4 Å². The predicted octanol–water partition coefficient (Wildman–Crippen LogP) is 4.63. The SMILES string of the molecule is CC(C)(C)OC(=O)n1cc2c(n1)CCC(N1CC[C@@H](Cc3c(Cl)cc(O)cc3Cl)C1=O)C2. The molecule has 2 aromatic rings. The van der Waals surface area contributed by atoms with Gasteiger partial charge in [-0.25, -0.2) is 4.79 Å². The lowest BCUT2D eigenvalue weighted by molar-refractivity contribution is -0.133. The van der Waals surface area contributed by atoms with Crippen LogP contribution in [0.3, 0.4) is 0 Å². The van der Waals surface area contributed by atoms with E-state index in [2.05, 4.69) is 5.10 Å². The van der Waals surface area contributed by atoms with E-state index in [1.807, 2.05) is 25.7 Å². The number of carbonyl (C=O) groups is 2. The van der Waals surface area contributed by atoms with Gasteiger partial charge in [-0.1, -0.05) is 23.2 Å². The maximum Gasteiger partial charge on any atom is 0.435 e. The van der Waals surface area contributed by atoms with Crippen molar-refractivity contribution in [3.63, 3.8) is 0 Å². The Kier molecular flexibility index (Phi) is 6.16. The molecule has 1 saturated heterocycles. The molecule has 4 rings (SSSR count). The molecule has 1 aliphatic carbocycles. The summed E-state index contributed by atoms with van der Waals surface area (Å²) in [5.74, 6) is -0.0910. The number of ether oxygens (including phenoxy) is 1. The fraction of sp³-hybridized carbons (Fsp3) is 0.522. The number of likely N-dealkylation sites (tertiary alicyclic amines) is 1. The molecule has 7 nitrogen and oxygen atoms in total. The number of amides is 1. The number of fused-ring (bicyclic) bond motifs is 1. The van der Waals surface area contributed by atoms with E-state index < -0.39 is 11.7 Å². The highest BCUT2D eigenvalue weighted by molar-refractivity contribution is 6.36. The van der Waals surface area contributed by atoms with Gasteiger partial charge >= 0.3 is 6.09 Å². The minimum absolute atomic E-state index is 0.00747. The van der Waals surface area contributed by atoms with Gasteiger partial charge in [0.2, 0.25) is 5.91 Å². The number of benzene rings is 1. The van der Waals surface area contributed by atoms with Gasteiger partial charge in [0.1, 0.15) is 11.4 Å². The lowest BCUT2D eigenvalue weighted by Gasteiger charge is -2.31. The molecule has 0 spiro atoms. The van der Waals surface area contributed by atoms with Crippen molar-refractivity contribution in [2.75, 3.05) is 6.54 Å². The second-order valence-corrected chi connectivity index (χ2v) is 10.3. The predicted molar refractivity (Wildman–Crippen MR) is 121 cm³/mol. The Labute approximate surface area is 197 Å². The van der Waals surface area contributed by atoms with Gasteiger partial charge in [0.25, 0.3) is 0 Å². The van der Waals surface area contributed by atoms with Crippen LogP contribution in [0, 0.1) is 5.92 Å². The van der Waals surface area contributed by atoms with Gasteiger partial charge in [-0.05, 0) is 76.1 Å². The topological polar surface area (TPSA) is 84.7 Å². The molecule has 172 valence electrons. The zero-order valence-corrected chi connectivity index (χ0v) is 19.9. The first-order chi connectivity index (χ1) is 15.0. The second kappa shape index (κ2) is 8.60. The average Bonchev–Trinajstić information content (AvgIpc) is 3.26. The van der Waals surface area contributed by atoms with Crippen molar-refractivity contribution in [1.29, 1.82) is 0 Å². The van der Waals surface area contributed by atoms with Crippen LogP contribution in [0.1, 0.15) is 50.4 Å². The molecule has 0 bridgehead atoms. The molecule has 9 heteroatoms. The van der Waals surface area contributed by atoms with Crippen LogP contribution >= 0.6 is 23.2 Å². The van der Waals surface area contributed by atoms with Crippen molar-refractivity contribution >= 4 is 35.2 Å². The van der Waals surface area contributed by atoms with Gasteiger partial charge < -0.3 is 14.7 Å². The third kappa shape index (κ3) is 4.74. The summed E-state index contributed by atoms with van der Waals surface area (Å²) in [6.07, 6.45) is 4.58. The molecule has 2 aliphatic rings. The number of rotatable bonds is 3. The van der Waals surface area contributed by atoms with Gasteiger partial charge in [0, 0.05) is 34.7 Å². The summed E-state index contributed by atoms with van der Waals surface area (Å²) in [7, 11) is 0. The van der Waals surface area contributed by atoms with Crippen LogP contribution in [0.15, 0.2) is 18.3 Å². The summed E-state index contributed by atoms with van der Waals surface area (Å²) < 4.78 is 6.67. The van der Waals surface area contributed by atoms with Crippen LogP contribution in [0.2, 0.25) is 10.0 Å². The Balaban J connectivity index is 1.43. The summed E-state index contributed by atoms with van der Waals surface area (Å²) in [5, 5.41) is 14.8. The van der Waals surface area contributed by atoms with Crippen LogP contribution in [-0.2, 0) is 28.8 Å². The molecule has 2 atom stereocenters. The third-order valence-electron chi connectivity index (χ3n) is 6.00. The molecule has 1 amide bonds. The number of aryl methyl sites for hydroxylation is 1. The van der Waals surface area contributed by atoms with Crippen LogP contribution < -0.4 is 0 Å². The largest absolute Gasteiger partial charge is 0.508 e. The number of halogens is 2. The highest BCUT2D eigenvalue weighted by atomic mass is 35.5. The molecule has 1 fully saturated rings. The lowest BCUT2D eigenvalue weighted by Crippen LogP contribution is -2.41. The standard InChI is InChI=1S/C23H27Cl2N3O4/c1-23(2,3)32-22(31)28-12-14-8-15(4-5-20(14)26-28)27-7-6-13(21(27)30)9-17-18(24)10-16(29)11-19(17)25/h10-13,15,29H,4-9H2,1-3H3/t13-,15?/m0/s1. The van der Waals surface area contributed by atoms with E-state index in [-0.39, 0.29) is 23.6 Å². The normalized spacial score (nSPS) is 21.0. The Morgan fingerprint density at radius 1 is 1.25 bits per heavy atom. The minimum atomic E-state index is -0.591. The van der Waals surface area contributed by atoms with E-state index in [1.54, 1.807) is 6.20 Å². The second-order valence-electron chi connectivity index (χ2n) is 9.53. The number of hydrogen-bond donors (Lipinski definition) is 1. The Morgan fingerprint density at radius 2 is 1.94 bits per heavy atom. The van der Waals surface area contributed by atoms with Crippen molar-refractivity contribution < 1.29 is 19.4 Å². The minimum Gasteiger partial charge on any atom is -0.508 e. The zero-order chi connectivity index (χ0) is 23.2. The first kappa shape index (κ1) is 22.9.